The van der Waals surface area contributed by atoms with Crippen LogP contribution in [-0.4, -0.2) is 42.6 Å². The van der Waals surface area contributed by atoms with Gasteiger partial charge in [-0.25, -0.2) is 4.39 Å². The number of aromatic nitrogens is 1. The molecule has 0 unspecified atom stereocenters. The van der Waals surface area contributed by atoms with Crippen LogP contribution in [0.4, 0.5) is 23.4 Å². The number of alkyl halides is 3. The number of hydrogen-bond acceptors (Lipinski definition) is 6. The minimum absolute atomic E-state index is 0.0481. The summed E-state index contributed by atoms with van der Waals surface area (Å²) in [6, 6.07) is 13.7. The van der Waals surface area contributed by atoms with Crippen LogP contribution < -0.4 is 16.0 Å². The first-order valence-electron chi connectivity index (χ1n) is 11.6. The summed E-state index contributed by atoms with van der Waals surface area (Å²) in [5.74, 6) is -1.78. The molecule has 0 fully saturated rings. The van der Waals surface area contributed by atoms with Crippen molar-refractivity contribution in [2.75, 3.05) is 18.9 Å². The third-order valence-corrected chi connectivity index (χ3v) is 5.68. The minimum atomic E-state index is -4.57. The van der Waals surface area contributed by atoms with Gasteiger partial charge in [0.1, 0.15) is 30.0 Å². The monoisotopic (exact) mass is 539 g/mol. The van der Waals surface area contributed by atoms with E-state index in [-0.39, 0.29) is 39.4 Å². The van der Waals surface area contributed by atoms with Crippen molar-refractivity contribution in [2.24, 2.45) is 0 Å². The number of nitriles is 1. The fourth-order valence-corrected chi connectivity index (χ4v) is 3.86. The van der Waals surface area contributed by atoms with E-state index in [4.69, 9.17) is 9.68 Å². The lowest BCUT2D eigenvalue weighted by Crippen LogP contribution is -2.31. The normalized spacial score (nSPS) is 12.0. The van der Waals surface area contributed by atoms with Gasteiger partial charge in [0.15, 0.2) is 0 Å². The Morgan fingerprint density at radius 3 is 2.44 bits per heavy atom. The van der Waals surface area contributed by atoms with Crippen LogP contribution >= 0.6 is 0 Å². The molecule has 0 aliphatic carbocycles. The number of fused-ring (bicyclic) bond motifs is 1. The molecule has 1 atom stereocenters. The maximum Gasteiger partial charge on any atom is 0.405 e. The molecule has 200 valence electrons. The first kappa shape index (κ1) is 27.1. The number of nitrogens with one attached hydrogen (secondary N) is 3. The number of hydrogen-bond donors (Lipinski definition) is 3. The number of rotatable bonds is 7. The second kappa shape index (κ2) is 10.8. The van der Waals surface area contributed by atoms with Crippen LogP contribution in [0.2, 0.25) is 0 Å². The smallest absolute Gasteiger partial charge is 0.405 e. The van der Waals surface area contributed by atoms with Crippen molar-refractivity contribution in [3.05, 3.63) is 71.5 Å². The summed E-state index contributed by atoms with van der Waals surface area (Å²) in [6.07, 6.45) is -4.57. The molecule has 2 aromatic carbocycles. The Morgan fingerprint density at radius 1 is 1.08 bits per heavy atom. The van der Waals surface area contributed by atoms with Gasteiger partial charge in [0.05, 0.1) is 17.0 Å². The molecule has 3 N–H and O–H groups in total. The predicted octanol–water partition coefficient (Wildman–Crippen LogP) is 5.28. The van der Waals surface area contributed by atoms with Crippen molar-refractivity contribution in [3.8, 4) is 28.5 Å². The standard InChI is InChI=1S/C27H21F4N5O3/c1-14(12-32)35-24(37)17-5-3-4-16(10-17)19-11-20-21(25(38)33-2)22(15-6-8-18(28)9-7-15)39-26(20)36-23(19)34-13-27(29,30)31/h3-11,14H,13H2,1-2H3,(H,33,38)(H,34,36)(H,35,37)/t14-/m1/s1. The van der Waals surface area contributed by atoms with E-state index in [9.17, 15) is 27.2 Å². The molecule has 39 heavy (non-hydrogen) atoms. The van der Waals surface area contributed by atoms with Gasteiger partial charge in [-0.3, -0.25) is 9.59 Å². The predicted molar refractivity (Wildman–Crippen MR) is 135 cm³/mol. The summed E-state index contributed by atoms with van der Waals surface area (Å²) in [7, 11) is 1.40. The second-order valence-corrected chi connectivity index (χ2v) is 8.50. The fraction of sp³-hybridized carbons (Fsp3) is 0.185. The Kier molecular flexibility index (Phi) is 7.53. The highest BCUT2D eigenvalue weighted by atomic mass is 19.4. The molecular weight excluding hydrogens is 518 g/mol. The van der Waals surface area contributed by atoms with Gasteiger partial charge in [-0.05, 0) is 55.0 Å². The molecule has 0 saturated heterocycles. The number of anilines is 1. The van der Waals surface area contributed by atoms with Crippen molar-refractivity contribution >= 4 is 28.7 Å². The Bertz CT molecular complexity index is 1590. The molecule has 8 nitrogen and oxygen atoms in total. The van der Waals surface area contributed by atoms with E-state index >= 15 is 0 Å². The lowest BCUT2D eigenvalue weighted by Gasteiger charge is -2.14. The molecule has 2 amide bonds. The summed E-state index contributed by atoms with van der Waals surface area (Å²) in [4.78, 5) is 29.7. The largest absolute Gasteiger partial charge is 0.437 e. The maximum absolute atomic E-state index is 13.5. The zero-order valence-electron chi connectivity index (χ0n) is 20.6. The number of furan rings is 1. The van der Waals surface area contributed by atoms with Crippen LogP contribution in [0.5, 0.6) is 0 Å². The molecule has 0 saturated carbocycles. The molecule has 2 heterocycles. The number of carbonyl (C=O) groups is 2. The molecule has 0 bridgehead atoms. The summed E-state index contributed by atoms with van der Waals surface area (Å²) in [5, 5.41) is 16.4. The van der Waals surface area contributed by atoms with Crippen molar-refractivity contribution in [1.82, 2.24) is 15.6 Å². The summed E-state index contributed by atoms with van der Waals surface area (Å²) >= 11 is 0. The Labute approximate surface area is 219 Å². The quantitative estimate of drug-likeness (QED) is 0.275. The van der Waals surface area contributed by atoms with E-state index in [1.165, 1.54) is 62.5 Å². The van der Waals surface area contributed by atoms with E-state index in [1.54, 1.807) is 6.07 Å². The van der Waals surface area contributed by atoms with E-state index < -0.39 is 36.4 Å². The average Bonchev–Trinajstić information content (AvgIpc) is 3.29. The Morgan fingerprint density at radius 2 is 1.79 bits per heavy atom. The van der Waals surface area contributed by atoms with Gasteiger partial charge in [-0.1, -0.05) is 12.1 Å². The Hall–Kier alpha value is -4.92. The average molecular weight is 539 g/mol. The van der Waals surface area contributed by atoms with Crippen molar-refractivity contribution < 1.29 is 31.6 Å². The van der Waals surface area contributed by atoms with E-state index in [0.717, 1.165) is 0 Å². The highest BCUT2D eigenvalue weighted by molar-refractivity contribution is 6.11. The van der Waals surface area contributed by atoms with Gasteiger partial charge in [0.25, 0.3) is 11.8 Å². The first-order chi connectivity index (χ1) is 18.5. The first-order valence-corrected chi connectivity index (χ1v) is 11.6. The highest BCUT2D eigenvalue weighted by Crippen LogP contribution is 2.38. The summed E-state index contributed by atoms with van der Waals surface area (Å²) in [6.45, 7) is 0.0862. The summed E-state index contributed by atoms with van der Waals surface area (Å²) in [5.41, 5.74) is 0.905. The van der Waals surface area contributed by atoms with Gasteiger partial charge in [0, 0.05) is 23.7 Å². The molecule has 0 aliphatic heterocycles. The molecular formula is C27H21F4N5O3. The molecule has 12 heteroatoms. The topological polar surface area (TPSA) is 120 Å². The van der Waals surface area contributed by atoms with Crippen LogP contribution in [0.3, 0.4) is 0 Å². The summed E-state index contributed by atoms with van der Waals surface area (Å²) < 4.78 is 58.7. The van der Waals surface area contributed by atoms with E-state index in [2.05, 4.69) is 20.9 Å². The van der Waals surface area contributed by atoms with E-state index in [0.29, 0.717) is 11.1 Å². The molecule has 0 radical (unpaired) electrons. The molecule has 2 aromatic heterocycles. The number of benzene rings is 2. The number of carbonyl (C=O) groups excluding carboxylic acids is 2. The van der Waals surface area contributed by atoms with Gasteiger partial charge in [-0.15, -0.1) is 0 Å². The molecule has 4 aromatic rings. The van der Waals surface area contributed by atoms with Gasteiger partial charge >= 0.3 is 6.18 Å². The van der Waals surface area contributed by atoms with Gasteiger partial charge < -0.3 is 20.4 Å². The van der Waals surface area contributed by atoms with Gasteiger partial charge in [0.2, 0.25) is 5.71 Å². The zero-order chi connectivity index (χ0) is 28.3. The minimum Gasteiger partial charge on any atom is -0.437 e. The molecule has 0 aliphatic rings. The van der Waals surface area contributed by atoms with Crippen LogP contribution in [0.15, 0.2) is 59.0 Å². The third-order valence-electron chi connectivity index (χ3n) is 5.68. The third kappa shape index (κ3) is 5.98. The van der Waals surface area contributed by atoms with Crippen molar-refractivity contribution in [3.63, 3.8) is 0 Å². The van der Waals surface area contributed by atoms with Crippen molar-refractivity contribution in [1.29, 1.82) is 5.26 Å². The zero-order valence-corrected chi connectivity index (χ0v) is 20.6. The number of pyridine rings is 1. The molecule has 0 spiro atoms. The highest BCUT2D eigenvalue weighted by Gasteiger charge is 2.29. The fourth-order valence-electron chi connectivity index (χ4n) is 3.86. The Balaban J connectivity index is 1.93. The number of amides is 2. The SMILES string of the molecule is CNC(=O)c1c(-c2ccc(F)cc2)oc2nc(NCC(F)(F)F)c(-c3cccc(C(=O)N[C@H](C)C#N)c3)cc12. The lowest BCUT2D eigenvalue weighted by atomic mass is 10.00. The number of halogens is 4. The van der Waals surface area contributed by atoms with Crippen LogP contribution in [-0.2, 0) is 0 Å². The molecule has 4 rings (SSSR count). The maximum atomic E-state index is 13.5. The van der Waals surface area contributed by atoms with E-state index in [1.807, 2.05) is 6.07 Å². The van der Waals surface area contributed by atoms with Gasteiger partial charge in [-0.2, -0.15) is 23.4 Å². The van der Waals surface area contributed by atoms with Crippen LogP contribution in [0.1, 0.15) is 27.6 Å². The van der Waals surface area contributed by atoms with Crippen LogP contribution in [0.25, 0.3) is 33.6 Å². The number of nitrogens with zero attached hydrogens (tertiary/aromatic N) is 2. The van der Waals surface area contributed by atoms with Crippen molar-refractivity contribution in [2.45, 2.75) is 19.1 Å². The second-order valence-electron chi connectivity index (χ2n) is 8.50. The lowest BCUT2D eigenvalue weighted by molar-refractivity contribution is -0.115. The van der Waals surface area contributed by atoms with Crippen LogP contribution in [0, 0.1) is 17.1 Å².